The van der Waals surface area contributed by atoms with Gasteiger partial charge in [-0.05, 0) is 83.6 Å². The number of rotatable bonds is 6. The molecule has 168 valence electrons. The van der Waals surface area contributed by atoms with E-state index >= 15 is 0 Å². The van der Waals surface area contributed by atoms with Crippen molar-refractivity contribution < 1.29 is 14.3 Å². The number of nitrogens with zero attached hydrogens (tertiary/aromatic N) is 5. The van der Waals surface area contributed by atoms with E-state index in [4.69, 9.17) is 4.74 Å². The van der Waals surface area contributed by atoms with E-state index in [2.05, 4.69) is 38.8 Å². The lowest BCUT2D eigenvalue weighted by Crippen LogP contribution is -2.20. The molecule has 0 aliphatic heterocycles. The minimum Gasteiger partial charge on any atom is -0.452 e. The molecule has 9 nitrogen and oxygen atoms in total. The number of carbonyl (C=O) groups excluding carboxylic acids is 2. The molecule has 5 rings (SSSR count). The Kier molecular flexibility index (Phi) is 5.79. The highest BCUT2D eigenvalue weighted by Gasteiger charge is 2.12. The summed E-state index contributed by atoms with van der Waals surface area (Å²) in [7, 11) is 0. The summed E-state index contributed by atoms with van der Waals surface area (Å²) in [5.41, 5.74) is 4.75. The maximum atomic E-state index is 12.2. The van der Waals surface area contributed by atoms with E-state index < -0.39 is 18.5 Å². The van der Waals surface area contributed by atoms with Crippen LogP contribution < -0.4 is 5.32 Å². The van der Waals surface area contributed by atoms with Crippen LogP contribution in [-0.4, -0.2) is 43.7 Å². The third kappa shape index (κ3) is 4.66. The van der Waals surface area contributed by atoms with Gasteiger partial charge in [-0.15, -0.1) is 16.4 Å². The lowest BCUT2D eigenvalue weighted by atomic mass is 10.2. The molecule has 0 radical (unpaired) electrons. The topological polar surface area (TPSA) is 112 Å². The van der Waals surface area contributed by atoms with Crippen molar-refractivity contribution in [1.29, 1.82) is 0 Å². The van der Waals surface area contributed by atoms with E-state index in [9.17, 15) is 9.59 Å². The van der Waals surface area contributed by atoms with E-state index in [-0.39, 0.29) is 0 Å². The third-order valence-electron chi connectivity index (χ3n) is 5.01. The molecule has 0 unspecified atom stereocenters. The normalized spacial score (nSPS) is 10.9. The van der Waals surface area contributed by atoms with Crippen LogP contribution in [0.3, 0.4) is 0 Å². The fourth-order valence-electron chi connectivity index (χ4n) is 3.29. The average molecular weight is 471 g/mol. The smallest absolute Gasteiger partial charge is 0.338 e. The largest absolute Gasteiger partial charge is 0.452 e. The van der Waals surface area contributed by atoms with Gasteiger partial charge in [-0.1, -0.05) is 6.07 Å². The van der Waals surface area contributed by atoms with E-state index in [0.29, 0.717) is 16.9 Å². The first-order chi connectivity index (χ1) is 16.5. The number of tetrazole rings is 1. The molecule has 10 heteroatoms. The van der Waals surface area contributed by atoms with Crippen LogP contribution in [0.4, 0.5) is 5.69 Å². The van der Waals surface area contributed by atoms with Gasteiger partial charge >= 0.3 is 5.97 Å². The molecule has 34 heavy (non-hydrogen) atoms. The Morgan fingerprint density at radius 2 is 1.82 bits per heavy atom. The number of aryl methyl sites for hydroxylation is 1. The molecule has 1 N–H and O–H groups in total. The number of anilines is 1. The number of hydrogen-bond acceptors (Lipinski definition) is 8. The maximum Gasteiger partial charge on any atom is 0.338 e. The minimum atomic E-state index is -0.597. The van der Waals surface area contributed by atoms with Crippen LogP contribution in [0, 0.1) is 6.92 Å². The zero-order valence-electron chi connectivity index (χ0n) is 18.0. The Morgan fingerprint density at radius 3 is 2.56 bits per heavy atom. The van der Waals surface area contributed by atoms with Crippen molar-refractivity contribution >= 4 is 39.1 Å². The molecular formula is C24H18N6O3S. The first-order valence-corrected chi connectivity index (χ1v) is 11.1. The van der Waals surface area contributed by atoms with Gasteiger partial charge in [-0.3, -0.25) is 4.79 Å². The molecule has 2 heterocycles. The quantitative estimate of drug-likeness (QED) is 0.373. The summed E-state index contributed by atoms with van der Waals surface area (Å²) in [6.45, 7) is 1.66. The van der Waals surface area contributed by atoms with Crippen molar-refractivity contribution in [3.8, 4) is 16.3 Å². The summed E-state index contributed by atoms with van der Waals surface area (Å²) in [6.07, 6.45) is 1.45. The van der Waals surface area contributed by atoms with Crippen LogP contribution in [-0.2, 0) is 9.53 Å². The SMILES string of the molecule is Cc1ccc2nc(-c3ccc(NC(=O)COC(=O)c4ccc(-n5cnnn5)cc4)cc3)sc2c1. The lowest BCUT2D eigenvalue weighted by molar-refractivity contribution is -0.119. The maximum absolute atomic E-state index is 12.2. The summed E-state index contributed by atoms with van der Waals surface area (Å²) in [4.78, 5) is 29.2. The van der Waals surface area contributed by atoms with Gasteiger partial charge in [0.15, 0.2) is 6.61 Å². The van der Waals surface area contributed by atoms with Gasteiger partial charge in [0.1, 0.15) is 11.3 Å². The van der Waals surface area contributed by atoms with Crippen LogP contribution in [0.15, 0.2) is 73.1 Å². The van der Waals surface area contributed by atoms with Crippen LogP contribution in [0.2, 0.25) is 0 Å². The Labute approximate surface area is 198 Å². The van der Waals surface area contributed by atoms with Gasteiger partial charge in [0.05, 0.1) is 21.5 Å². The highest BCUT2D eigenvalue weighted by atomic mass is 32.1. The third-order valence-corrected chi connectivity index (χ3v) is 6.08. The van der Waals surface area contributed by atoms with Crippen molar-refractivity contribution in [3.63, 3.8) is 0 Å². The fraction of sp³-hybridized carbons (Fsp3) is 0.0833. The molecule has 3 aromatic carbocycles. The molecule has 0 saturated carbocycles. The predicted molar refractivity (Wildman–Crippen MR) is 128 cm³/mol. The number of benzene rings is 3. The lowest BCUT2D eigenvalue weighted by Gasteiger charge is -2.07. The van der Waals surface area contributed by atoms with Crippen LogP contribution in [0.5, 0.6) is 0 Å². The highest BCUT2D eigenvalue weighted by molar-refractivity contribution is 7.21. The molecule has 0 fully saturated rings. The summed E-state index contributed by atoms with van der Waals surface area (Å²) in [5, 5.41) is 14.6. The number of hydrogen-bond donors (Lipinski definition) is 1. The molecule has 0 saturated heterocycles. The Morgan fingerprint density at radius 1 is 1.03 bits per heavy atom. The van der Waals surface area contributed by atoms with Crippen molar-refractivity contribution in [2.45, 2.75) is 6.92 Å². The molecule has 0 bridgehead atoms. The van der Waals surface area contributed by atoms with Gasteiger partial charge in [0, 0.05) is 11.3 Å². The van der Waals surface area contributed by atoms with E-state index in [1.165, 1.54) is 16.6 Å². The Hall–Kier alpha value is -4.44. The number of carbonyl (C=O) groups is 2. The van der Waals surface area contributed by atoms with Crippen molar-refractivity contribution in [2.24, 2.45) is 0 Å². The van der Waals surface area contributed by atoms with Gasteiger partial charge in [-0.25, -0.2) is 14.5 Å². The van der Waals surface area contributed by atoms with E-state index in [1.807, 2.05) is 24.3 Å². The predicted octanol–water partition coefficient (Wildman–Crippen LogP) is 4.04. The van der Waals surface area contributed by atoms with Gasteiger partial charge in [-0.2, -0.15) is 0 Å². The first-order valence-electron chi connectivity index (χ1n) is 10.3. The molecule has 0 aliphatic rings. The van der Waals surface area contributed by atoms with Crippen LogP contribution in [0.1, 0.15) is 15.9 Å². The molecule has 0 atom stereocenters. The summed E-state index contributed by atoms with van der Waals surface area (Å²) in [6, 6.07) is 20.1. The van der Waals surface area contributed by atoms with Gasteiger partial charge in [0.2, 0.25) is 0 Å². The molecule has 5 aromatic rings. The average Bonchev–Trinajstić information content (AvgIpc) is 3.53. The van der Waals surface area contributed by atoms with Crippen molar-refractivity contribution in [1.82, 2.24) is 25.2 Å². The first kappa shape index (κ1) is 21.4. The summed E-state index contributed by atoms with van der Waals surface area (Å²) >= 11 is 1.63. The summed E-state index contributed by atoms with van der Waals surface area (Å²) in [5.74, 6) is -1.03. The number of nitrogens with one attached hydrogen (secondary N) is 1. The van der Waals surface area contributed by atoms with Gasteiger partial charge < -0.3 is 10.1 Å². The molecular weight excluding hydrogens is 452 g/mol. The van der Waals surface area contributed by atoms with Crippen LogP contribution >= 0.6 is 11.3 Å². The molecule has 0 aliphatic carbocycles. The summed E-state index contributed by atoms with van der Waals surface area (Å²) < 4.78 is 7.72. The second kappa shape index (κ2) is 9.20. The highest BCUT2D eigenvalue weighted by Crippen LogP contribution is 2.31. The number of thiazole rings is 1. The Balaban J connectivity index is 1.16. The standard InChI is InChI=1S/C24H18N6O3S/c1-15-2-11-20-21(12-15)34-23(27-20)16-3-7-18(8-4-16)26-22(31)13-33-24(32)17-5-9-19(10-6-17)30-14-25-28-29-30/h2-12,14H,13H2,1H3,(H,26,31). The molecule has 1 amide bonds. The number of aromatic nitrogens is 5. The number of amides is 1. The molecule has 2 aromatic heterocycles. The van der Waals surface area contributed by atoms with E-state index in [1.54, 1.807) is 47.7 Å². The molecule has 0 spiro atoms. The van der Waals surface area contributed by atoms with Crippen molar-refractivity contribution in [3.05, 3.63) is 84.2 Å². The zero-order chi connectivity index (χ0) is 23.5. The monoisotopic (exact) mass is 470 g/mol. The van der Waals surface area contributed by atoms with E-state index in [0.717, 1.165) is 20.8 Å². The number of fused-ring (bicyclic) bond motifs is 1. The minimum absolute atomic E-state index is 0.319. The second-order valence-electron chi connectivity index (χ2n) is 7.49. The van der Waals surface area contributed by atoms with Gasteiger partial charge in [0.25, 0.3) is 5.91 Å². The number of ether oxygens (including phenoxy) is 1. The number of esters is 1. The Bertz CT molecular complexity index is 1460. The zero-order valence-corrected chi connectivity index (χ0v) is 18.8. The fourth-order valence-corrected chi connectivity index (χ4v) is 4.36. The van der Waals surface area contributed by atoms with Crippen molar-refractivity contribution in [2.75, 3.05) is 11.9 Å². The second-order valence-corrected chi connectivity index (χ2v) is 8.52. The van der Waals surface area contributed by atoms with Crippen LogP contribution in [0.25, 0.3) is 26.5 Å².